The molecular formula is C7H14ClNO2S. The molecule has 3 nitrogen and oxygen atoms in total. The van der Waals surface area contributed by atoms with Crippen LogP contribution in [0.5, 0.6) is 0 Å². The lowest BCUT2D eigenvalue weighted by molar-refractivity contribution is 0.123. The summed E-state index contributed by atoms with van der Waals surface area (Å²) in [6.45, 7) is 6.14. The monoisotopic (exact) mass is 211 g/mol. The molecule has 0 heterocycles. The molecule has 0 saturated carbocycles. The van der Waals surface area contributed by atoms with Crippen LogP contribution in [0.1, 0.15) is 27.2 Å². The highest BCUT2D eigenvalue weighted by atomic mass is 35.7. The quantitative estimate of drug-likeness (QED) is 0.670. The van der Waals surface area contributed by atoms with Gasteiger partial charge in [0.15, 0.2) is 0 Å². The molecule has 0 aromatic carbocycles. The van der Waals surface area contributed by atoms with Crippen LogP contribution in [-0.4, -0.2) is 23.0 Å². The molecule has 0 unspecified atom stereocenters. The van der Waals surface area contributed by atoms with E-state index >= 15 is 0 Å². The number of carbonyl (C=O) groups is 1. The Kier molecular flexibility index (Phi) is 6.38. The second kappa shape index (κ2) is 6.43. The minimum Gasteiger partial charge on any atom is -0.449 e. The van der Waals surface area contributed by atoms with E-state index in [9.17, 15) is 4.79 Å². The Hall–Kier alpha value is -0.0900. The van der Waals surface area contributed by atoms with Crippen LogP contribution in [0.3, 0.4) is 0 Å². The second-order valence-electron chi connectivity index (χ2n) is 2.60. The van der Waals surface area contributed by atoms with Crippen molar-refractivity contribution in [2.45, 2.75) is 33.2 Å². The number of hydrogen-bond donors (Lipinski definition) is 0. The van der Waals surface area contributed by atoms with Crippen LogP contribution in [0.15, 0.2) is 0 Å². The van der Waals surface area contributed by atoms with Crippen LogP contribution in [0.25, 0.3) is 0 Å². The van der Waals surface area contributed by atoms with Gasteiger partial charge in [-0.3, -0.25) is 0 Å². The lowest BCUT2D eigenvalue weighted by Crippen LogP contribution is -2.30. The largest absolute Gasteiger partial charge is 0.449 e. The maximum Gasteiger partial charge on any atom is 0.421 e. The third-order valence-corrected chi connectivity index (χ3v) is 2.32. The summed E-state index contributed by atoms with van der Waals surface area (Å²) in [4.78, 5) is 11.2. The maximum absolute atomic E-state index is 11.2. The molecule has 0 aromatic heterocycles. The van der Waals surface area contributed by atoms with Crippen molar-refractivity contribution in [3.8, 4) is 0 Å². The summed E-state index contributed by atoms with van der Waals surface area (Å²) in [6, 6.07) is 0.0526. The van der Waals surface area contributed by atoms with Gasteiger partial charge in [0.2, 0.25) is 0 Å². The van der Waals surface area contributed by atoms with Crippen molar-refractivity contribution < 1.29 is 9.53 Å². The van der Waals surface area contributed by atoms with Crippen molar-refractivity contribution >= 4 is 27.9 Å². The van der Waals surface area contributed by atoms with Crippen molar-refractivity contribution in [2.24, 2.45) is 0 Å². The highest BCUT2D eigenvalue weighted by Gasteiger charge is 2.17. The average Bonchev–Trinajstić information content (AvgIpc) is 2.01. The molecule has 0 aromatic rings. The first-order valence-electron chi connectivity index (χ1n) is 3.88. The van der Waals surface area contributed by atoms with Gasteiger partial charge in [-0.2, -0.15) is 0 Å². The molecule has 0 radical (unpaired) electrons. The van der Waals surface area contributed by atoms with Crippen LogP contribution in [0.2, 0.25) is 0 Å². The third kappa shape index (κ3) is 4.07. The van der Waals surface area contributed by atoms with Gasteiger partial charge in [-0.15, -0.1) is 0 Å². The van der Waals surface area contributed by atoms with Crippen molar-refractivity contribution in [1.29, 1.82) is 0 Å². The standard InChI is InChI=1S/C7H14ClNO2S/c1-4-5-11-7(10)9(12-8)6(2)3/h6H,4-5H2,1-3H3. The molecule has 0 fully saturated rings. The predicted octanol–water partition coefficient (Wildman–Crippen LogP) is 3.05. The number of nitrogens with zero attached hydrogens (tertiary/aromatic N) is 1. The van der Waals surface area contributed by atoms with Crippen LogP contribution >= 0.6 is 21.8 Å². The minimum atomic E-state index is -0.369. The maximum atomic E-state index is 11.2. The van der Waals surface area contributed by atoms with Crippen molar-refractivity contribution in [3.63, 3.8) is 0 Å². The van der Waals surface area contributed by atoms with Gasteiger partial charge in [-0.25, -0.2) is 9.10 Å². The molecule has 0 bridgehead atoms. The van der Waals surface area contributed by atoms with E-state index < -0.39 is 0 Å². The van der Waals surface area contributed by atoms with E-state index in [1.807, 2.05) is 20.8 Å². The van der Waals surface area contributed by atoms with E-state index in [1.165, 1.54) is 4.31 Å². The van der Waals surface area contributed by atoms with Crippen LogP contribution in [0.4, 0.5) is 4.79 Å². The molecule has 0 aliphatic rings. The van der Waals surface area contributed by atoms with E-state index in [0.29, 0.717) is 6.61 Å². The topological polar surface area (TPSA) is 29.5 Å². The summed E-state index contributed by atoms with van der Waals surface area (Å²) in [6.07, 6.45) is 0.455. The fourth-order valence-electron chi connectivity index (χ4n) is 0.572. The summed E-state index contributed by atoms with van der Waals surface area (Å²) in [5.41, 5.74) is 0. The number of amides is 1. The molecular weight excluding hydrogens is 198 g/mol. The fourth-order valence-corrected chi connectivity index (χ4v) is 1.49. The molecule has 0 saturated heterocycles. The molecule has 0 rings (SSSR count). The minimum absolute atomic E-state index is 0.0526. The Morgan fingerprint density at radius 1 is 1.67 bits per heavy atom. The average molecular weight is 212 g/mol. The van der Waals surface area contributed by atoms with Gasteiger partial charge in [0.25, 0.3) is 0 Å². The highest BCUT2D eigenvalue weighted by molar-refractivity contribution is 8.19. The summed E-state index contributed by atoms with van der Waals surface area (Å²) < 4.78 is 6.27. The van der Waals surface area contributed by atoms with Gasteiger partial charge >= 0.3 is 6.09 Å². The molecule has 12 heavy (non-hydrogen) atoms. The molecule has 0 N–H and O–H groups in total. The zero-order chi connectivity index (χ0) is 9.56. The molecule has 5 heteroatoms. The first kappa shape index (κ1) is 11.9. The smallest absolute Gasteiger partial charge is 0.421 e. The van der Waals surface area contributed by atoms with Crippen LogP contribution in [-0.2, 0) is 4.74 Å². The van der Waals surface area contributed by atoms with Gasteiger partial charge in [0, 0.05) is 6.04 Å². The van der Waals surface area contributed by atoms with E-state index in [1.54, 1.807) is 0 Å². The first-order chi connectivity index (χ1) is 5.63. The Morgan fingerprint density at radius 3 is 2.58 bits per heavy atom. The van der Waals surface area contributed by atoms with E-state index in [4.69, 9.17) is 15.4 Å². The zero-order valence-electron chi connectivity index (χ0n) is 7.54. The van der Waals surface area contributed by atoms with Gasteiger partial charge < -0.3 is 4.74 Å². The second-order valence-corrected chi connectivity index (χ2v) is 3.55. The Balaban J connectivity index is 3.86. The summed E-state index contributed by atoms with van der Waals surface area (Å²) in [5.74, 6) is 0. The molecule has 0 aliphatic heterocycles. The zero-order valence-corrected chi connectivity index (χ0v) is 9.11. The lowest BCUT2D eigenvalue weighted by Gasteiger charge is -2.20. The highest BCUT2D eigenvalue weighted by Crippen LogP contribution is 2.19. The van der Waals surface area contributed by atoms with Crippen molar-refractivity contribution in [2.75, 3.05) is 6.61 Å². The predicted molar refractivity (Wildman–Crippen MR) is 52.1 cm³/mol. The first-order valence-corrected chi connectivity index (χ1v) is 5.48. The number of rotatable bonds is 4. The van der Waals surface area contributed by atoms with Crippen molar-refractivity contribution in [1.82, 2.24) is 4.31 Å². The summed E-state index contributed by atoms with van der Waals surface area (Å²) in [5, 5.41) is 0. The Bertz CT molecular complexity index is 143. The molecule has 72 valence electrons. The fraction of sp³-hybridized carbons (Fsp3) is 0.857. The third-order valence-electron chi connectivity index (χ3n) is 1.15. The Labute approximate surface area is 82.0 Å². The van der Waals surface area contributed by atoms with Gasteiger partial charge in [-0.05, 0) is 31.0 Å². The molecule has 0 spiro atoms. The van der Waals surface area contributed by atoms with E-state index in [-0.39, 0.29) is 12.1 Å². The van der Waals surface area contributed by atoms with Gasteiger partial charge in [0.05, 0.1) is 17.8 Å². The summed E-state index contributed by atoms with van der Waals surface area (Å²) in [7, 11) is 5.48. The number of hydrogen-bond acceptors (Lipinski definition) is 3. The Morgan fingerprint density at radius 2 is 2.25 bits per heavy atom. The SMILES string of the molecule is CCCOC(=O)N(SCl)C(C)C. The van der Waals surface area contributed by atoms with E-state index in [2.05, 4.69) is 0 Å². The molecule has 0 atom stereocenters. The molecule has 1 amide bonds. The molecule has 0 aliphatic carbocycles. The lowest BCUT2D eigenvalue weighted by atomic mass is 10.4. The number of carbonyl (C=O) groups excluding carboxylic acids is 1. The number of halogens is 1. The normalized spacial score (nSPS) is 10.1. The van der Waals surface area contributed by atoms with Gasteiger partial charge in [-0.1, -0.05) is 6.92 Å². The van der Waals surface area contributed by atoms with E-state index in [0.717, 1.165) is 17.6 Å². The summed E-state index contributed by atoms with van der Waals surface area (Å²) >= 11 is 0.868. The van der Waals surface area contributed by atoms with Crippen LogP contribution in [0, 0.1) is 0 Å². The van der Waals surface area contributed by atoms with Crippen molar-refractivity contribution in [3.05, 3.63) is 0 Å². The van der Waals surface area contributed by atoms with Gasteiger partial charge in [0.1, 0.15) is 0 Å². The van der Waals surface area contributed by atoms with Crippen LogP contribution < -0.4 is 0 Å². The number of ether oxygens (including phenoxy) is 1.